The van der Waals surface area contributed by atoms with Crippen LogP contribution in [0.5, 0.6) is 0 Å². The van der Waals surface area contributed by atoms with Crippen LogP contribution < -0.4 is 0 Å². The van der Waals surface area contributed by atoms with Gasteiger partial charge in [0.05, 0.1) is 12.5 Å². The zero-order chi connectivity index (χ0) is 16.6. The highest BCUT2D eigenvalue weighted by Gasteiger charge is 2.42. The van der Waals surface area contributed by atoms with E-state index in [1.807, 2.05) is 49.4 Å². The lowest BCUT2D eigenvalue weighted by molar-refractivity contribution is -0.155. The quantitative estimate of drug-likeness (QED) is 0.802. The fourth-order valence-electron chi connectivity index (χ4n) is 3.40. The van der Waals surface area contributed by atoms with Crippen LogP contribution in [0.2, 0.25) is 0 Å². The van der Waals surface area contributed by atoms with Gasteiger partial charge in [-0.3, -0.25) is 4.79 Å². The van der Waals surface area contributed by atoms with Crippen LogP contribution in [0.1, 0.15) is 31.4 Å². The highest BCUT2D eigenvalue weighted by atomic mass is 19.4. The second-order valence-corrected chi connectivity index (χ2v) is 6.08. The Balaban J connectivity index is 1.86. The summed E-state index contributed by atoms with van der Waals surface area (Å²) in [6, 6.07) is 13.5. The van der Waals surface area contributed by atoms with Gasteiger partial charge < -0.3 is 4.90 Å². The summed E-state index contributed by atoms with van der Waals surface area (Å²) in [6.45, 7) is 2.26. The molecule has 122 valence electrons. The zero-order valence-electron chi connectivity index (χ0n) is 12.8. The van der Waals surface area contributed by atoms with E-state index in [0.717, 1.165) is 16.3 Å². The lowest BCUT2D eigenvalue weighted by atomic mass is 9.98. The highest BCUT2D eigenvalue weighted by molar-refractivity contribution is 5.87. The predicted molar refractivity (Wildman–Crippen MR) is 82.9 cm³/mol. The van der Waals surface area contributed by atoms with Gasteiger partial charge in [-0.05, 0) is 29.7 Å². The fourth-order valence-corrected chi connectivity index (χ4v) is 3.40. The molecule has 0 bridgehead atoms. The SMILES string of the molecule is CC(c1cccc2ccccc12)N1CC[C@@H](CC(F)(F)F)C1=O. The Kier molecular flexibility index (Phi) is 4.04. The number of nitrogens with zero attached hydrogens (tertiary/aromatic N) is 1. The molecule has 23 heavy (non-hydrogen) atoms. The minimum Gasteiger partial charge on any atom is -0.336 e. The first-order valence-electron chi connectivity index (χ1n) is 7.72. The van der Waals surface area contributed by atoms with Crippen LogP contribution in [0.15, 0.2) is 42.5 Å². The zero-order valence-corrected chi connectivity index (χ0v) is 12.8. The van der Waals surface area contributed by atoms with Gasteiger partial charge in [-0.1, -0.05) is 42.5 Å². The second-order valence-electron chi connectivity index (χ2n) is 6.08. The van der Waals surface area contributed by atoms with Gasteiger partial charge in [0, 0.05) is 12.5 Å². The number of hydrogen-bond acceptors (Lipinski definition) is 1. The average molecular weight is 321 g/mol. The van der Waals surface area contributed by atoms with Crippen molar-refractivity contribution in [2.45, 2.75) is 32.0 Å². The Hall–Kier alpha value is -2.04. The second kappa shape index (κ2) is 5.87. The van der Waals surface area contributed by atoms with E-state index in [9.17, 15) is 18.0 Å². The molecule has 1 unspecified atom stereocenters. The van der Waals surface area contributed by atoms with Crippen molar-refractivity contribution in [1.29, 1.82) is 0 Å². The number of halogens is 3. The molecule has 0 aliphatic carbocycles. The molecule has 0 spiro atoms. The first-order valence-corrected chi connectivity index (χ1v) is 7.72. The molecule has 1 amide bonds. The largest absolute Gasteiger partial charge is 0.389 e. The van der Waals surface area contributed by atoms with Crippen molar-refractivity contribution in [1.82, 2.24) is 4.90 Å². The molecule has 2 aromatic carbocycles. The van der Waals surface area contributed by atoms with Crippen LogP contribution in [0.3, 0.4) is 0 Å². The number of carbonyl (C=O) groups is 1. The van der Waals surface area contributed by atoms with E-state index in [1.54, 1.807) is 4.90 Å². The maximum Gasteiger partial charge on any atom is 0.389 e. The van der Waals surface area contributed by atoms with E-state index in [0.29, 0.717) is 6.54 Å². The number of alkyl halides is 3. The number of likely N-dealkylation sites (tertiary alicyclic amines) is 1. The molecule has 5 heteroatoms. The van der Waals surface area contributed by atoms with Crippen LogP contribution >= 0.6 is 0 Å². The molecule has 2 aromatic rings. The van der Waals surface area contributed by atoms with E-state index in [4.69, 9.17) is 0 Å². The highest BCUT2D eigenvalue weighted by Crippen LogP contribution is 2.36. The third-order valence-corrected chi connectivity index (χ3v) is 4.57. The summed E-state index contributed by atoms with van der Waals surface area (Å²) in [7, 11) is 0. The predicted octanol–water partition coefficient (Wildman–Crippen LogP) is 4.70. The topological polar surface area (TPSA) is 20.3 Å². The molecule has 1 heterocycles. The van der Waals surface area contributed by atoms with Crippen molar-refractivity contribution in [2.24, 2.45) is 5.92 Å². The van der Waals surface area contributed by atoms with Crippen molar-refractivity contribution >= 4 is 16.7 Å². The van der Waals surface area contributed by atoms with Gasteiger partial charge in [-0.2, -0.15) is 13.2 Å². The van der Waals surface area contributed by atoms with E-state index < -0.39 is 18.5 Å². The minimum absolute atomic E-state index is 0.230. The smallest absolute Gasteiger partial charge is 0.336 e. The molecule has 1 fully saturated rings. The van der Waals surface area contributed by atoms with Crippen molar-refractivity contribution in [2.75, 3.05) is 6.54 Å². The van der Waals surface area contributed by atoms with E-state index in [2.05, 4.69) is 0 Å². The molecular formula is C18H18F3NO. The van der Waals surface area contributed by atoms with E-state index in [1.165, 1.54) is 0 Å². The molecule has 0 saturated carbocycles. The number of hydrogen-bond donors (Lipinski definition) is 0. The summed E-state index contributed by atoms with van der Waals surface area (Å²) >= 11 is 0. The van der Waals surface area contributed by atoms with Gasteiger partial charge in [-0.25, -0.2) is 0 Å². The number of benzene rings is 2. The third-order valence-electron chi connectivity index (χ3n) is 4.57. The number of rotatable bonds is 3. The van der Waals surface area contributed by atoms with Gasteiger partial charge >= 0.3 is 6.18 Å². The average Bonchev–Trinajstić information content (AvgIpc) is 2.85. The van der Waals surface area contributed by atoms with Gasteiger partial charge in [0.25, 0.3) is 0 Å². The molecule has 1 saturated heterocycles. The van der Waals surface area contributed by atoms with Crippen LogP contribution in [0.4, 0.5) is 13.2 Å². The Morgan fingerprint density at radius 2 is 1.87 bits per heavy atom. The normalized spacial score (nSPS) is 20.3. The molecule has 1 aliphatic heterocycles. The molecule has 0 aromatic heterocycles. The van der Waals surface area contributed by atoms with Crippen LogP contribution in [0.25, 0.3) is 10.8 Å². The third kappa shape index (κ3) is 3.19. The molecule has 3 rings (SSSR count). The van der Waals surface area contributed by atoms with Crippen molar-refractivity contribution in [3.05, 3.63) is 48.0 Å². The lowest BCUT2D eigenvalue weighted by Gasteiger charge is -2.26. The first kappa shape index (κ1) is 15.8. The summed E-state index contributed by atoms with van der Waals surface area (Å²) in [6.07, 6.45) is -5.04. The number of carbonyl (C=O) groups excluding carboxylic acids is 1. The Bertz CT molecular complexity index is 720. The van der Waals surface area contributed by atoms with Crippen LogP contribution in [-0.2, 0) is 4.79 Å². The van der Waals surface area contributed by atoms with Crippen LogP contribution in [-0.4, -0.2) is 23.5 Å². The summed E-state index contributed by atoms with van der Waals surface area (Å²) < 4.78 is 37.7. The summed E-state index contributed by atoms with van der Waals surface area (Å²) in [5, 5.41) is 2.10. The standard InChI is InChI=1S/C18H18F3NO/c1-12(15-8-4-6-13-5-2-3-7-16(13)15)22-10-9-14(17(22)23)11-18(19,20)21/h2-8,12,14H,9-11H2,1H3/t12?,14-/m0/s1. The summed E-state index contributed by atoms with van der Waals surface area (Å²) in [4.78, 5) is 13.9. The van der Waals surface area contributed by atoms with Crippen molar-refractivity contribution < 1.29 is 18.0 Å². The number of amides is 1. The van der Waals surface area contributed by atoms with Gasteiger partial charge in [-0.15, -0.1) is 0 Å². The van der Waals surface area contributed by atoms with Gasteiger partial charge in [0.2, 0.25) is 5.91 Å². The van der Waals surface area contributed by atoms with E-state index in [-0.39, 0.29) is 18.4 Å². The minimum atomic E-state index is -4.29. The van der Waals surface area contributed by atoms with Gasteiger partial charge in [0.15, 0.2) is 0 Å². The Morgan fingerprint density at radius 1 is 1.17 bits per heavy atom. The summed E-state index contributed by atoms with van der Waals surface area (Å²) in [5.74, 6) is -1.32. The van der Waals surface area contributed by atoms with Gasteiger partial charge in [0.1, 0.15) is 0 Å². The Labute approximate surface area is 132 Å². The maximum absolute atomic E-state index is 12.6. The lowest BCUT2D eigenvalue weighted by Crippen LogP contribution is -2.31. The monoisotopic (exact) mass is 321 g/mol. The molecule has 2 nitrogen and oxygen atoms in total. The van der Waals surface area contributed by atoms with Crippen LogP contribution in [0, 0.1) is 5.92 Å². The fraction of sp³-hybridized carbons (Fsp3) is 0.389. The molecule has 0 N–H and O–H groups in total. The number of fused-ring (bicyclic) bond motifs is 1. The summed E-state index contributed by atoms with van der Waals surface area (Å²) in [5.41, 5.74) is 0.976. The molecule has 1 aliphatic rings. The molecular weight excluding hydrogens is 303 g/mol. The first-order chi connectivity index (χ1) is 10.9. The maximum atomic E-state index is 12.6. The Morgan fingerprint density at radius 3 is 2.61 bits per heavy atom. The molecule has 2 atom stereocenters. The molecule has 0 radical (unpaired) electrons. The van der Waals surface area contributed by atoms with Crippen molar-refractivity contribution in [3.63, 3.8) is 0 Å². The van der Waals surface area contributed by atoms with E-state index >= 15 is 0 Å². The van der Waals surface area contributed by atoms with Crippen molar-refractivity contribution in [3.8, 4) is 0 Å².